The largest absolute Gasteiger partial charge is 0.391 e. The van der Waals surface area contributed by atoms with E-state index in [1.54, 1.807) is 6.07 Å². The molecular weight excluding hydrogens is 249 g/mol. The van der Waals surface area contributed by atoms with Gasteiger partial charge in [0, 0.05) is 4.47 Å². The lowest BCUT2D eigenvalue weighted by molar-refractivity contribution is 0.140. The molecule has 0 amide bonds. The van der Waals surface area contributed by atoms with Crippen LogP contribution in [0.2, 0.25) is 0 Å². The summed E-state index contributed by atoms with van der Waals surface area (Å²) < 4.78 is 13.6. The zero-order chi connectivity index (χ0) is 10.7. The molecule has 2 nitrogen and oxygen atoms in total. The van der Waals surface area contributed by atoms with Gasteiger partial charge < -0.3 is 10.8 Å². The van der Waals surface area contributed by atoms with Gasteiger partial charge in [0.15, 0.2) is 0 Å². The molecule has 4 heteroatoms. The number of halogens is 2. The second kappa shape index (κ2) is 4.87. The average Bonchev–Trinajstić information content (AvgIpc) is 2.14. The quantitative estimate of drug-likeness (QED) is 0.878. The lowest BCUT2D eigenvalue weighted by Gasteiger charge is -2.17. The molecule has 0 aliphatic rings. The molecule has 0 aliphatic heterocycles. The molecule has 0 radical (unpaired) electrons. The maximum absolute atomic E-state index is 13.0. The molecule has 1 rings (SSSR count). The van der Waals surface area contributed by atoms with E-state index in [0.29, 0.717) is 16.5 Å². The van der Waals surface area contributed by atoms with Crippen LogP contribution < -0.4 is 5.73 Å². The summed E-state index contributed by atoms with van der Waals surface area (Å²) in [6.45, 7) is 1.83. The standard InChI is InChI=1S/C10H13BrFNO/c1-2-9(14)10(13)6-3-7(11)5-8(12)4-6/h3-5,9-10,14H,2,13H2,1H3/t9-,10+/m1/s1. The molecule has 0 spiro atoms. The van der Waals surface area contributed by atoms with Gasteiger partial charge in [-0.2, -0.15) is 0 Å². The SMILES string of the molecule is CC[C@@H](O)[C@@H](N)c1cc(F)cc(Br)c1. The monoisotopic (exact) mass is 261 g/mol. The Hall–Kier alpha value is -0.450. The van der Waals surface area contributed by atoms with Crippen LogP contribution in [0.5, 0.6) is 0 Å². The highest BCUT2D eigenvalue weighted by atomic mass is 79.9. The molecule has 0 saturated carbocycles. The van der Waals surface area contributed by atoms with Crippen LogP contribution in [0.25, 0.3) is 0 Å². The van der Waals surface area contributed by atoms with Gasteiger partial charge in [-0.05, 0) is 30.2 Å². The predicted octanol–water partition coefficient (Wildman–Crippen LogP) is 2.36. The summed E-state index contributed by atoms with van der Waals surface area (Å²) in [4.78, 5) is 0. The smallest absolute Gasteiger partial charge is 0.124 e. The van der Waals surface area contributed by atoms with Crippen molar-refractivity contribution in [3.8, 4) is 0 Å². The number of nitrogens with two attached hydrogens (primary N) is 1. The van der Waals surface area contributed by atoms with Crippen LogP contribution >= 0.6 is 15.9 Å². The van der Waals surface area contributed by atoms with Crippen molar-refractivity contribution < 1.29 is 9.50 Å². The zero-order valence-electron chi connectivity index (χ0n) is 7.87. The van der Waals surface area contributed by atoms with Gasteiger partial charge in [-0.1, -0.05) is 22.9 Å². The van der Waals surface area contributed by atoms with E-state index in [4.69, 9.17) is 5.73 Å². The Morgan fingerprint density at radius 1 is 1.50 bits per heavy atom. The summed E-state index contributed by atoms with van der Waals surface area (Å²) in [6, 6.07) is 3.88. The normalized spacial score (nSPS) is 15.2. The summed E-state index contributed by atoms with van der Waals surface area (Å²) in [5.74, 6) is -0.354. The van der Waals surface area contributed by atoms with Gasteiger partial charge in [-0.15, -0.1) is 0 Å². The van der Waals surface area contributed by atoms with Gasteiger partial charge in [0.2, 0.25) is 0 Å². The van der Waals surface area contributed by atoms with Gasteiger partial charge in [0.25, 0.3) is 0 Å². The van der Waals surface area contributed by atoms with Crippen molar-refractivity contribution in [2.45, 2.75) is 25.5 Å². The Labute approximate surface area is 91.1 Å². The Balaban J connectivity index is 2.94. The summed E-state index contributed by atoms with van der Waals surface area (Å²) in [5.41, 5.74) is 6.35. The minimum atomic E-state index is -0.635. The van der Waals surface area contributed by atoms with Crippen molar-refractivity contribution >= 4 is 15.9 Å². The van der Waals surface area contributed by atoms with Crippen LogP contribution in [0.1, 0.15) is 24.9 Å². The molecule has 1 aromatic carbocycles. The Bertz CT molecular complexity index is 299. The molecule has 1 aromatic rings. The number of hydrogen-bond acceptors (Lipinski definition) is 2. The van der Waals surface area contributed by atoms with Gasteiger partial charge in [0.05, 0.1) is 12.1 Å². The number of aliphatic hydroxyl groups is 1. The second-order valence-electron chi connectivity index (χ2n) is 3.20. The molecule has 0 aromatic heterocycles. The fraction of sp³-hybridized carbons (Fsp3) is 0.400. The van der Waals surface area contributed by atoms with Gasteiger partial charge in [-0.3, -0.25) is 0 Å². The molecule has 0 heterocycles. The first kappa shape index (κ1) is 11.6. The van der Waals surface area contributed by atoms with E-state index in [1.807, 2.05) is 6.92 Å². The molecular formula is C10H13BrFNO. The van der Waals surface area contributed by atoms with Crippen molar-refractivity contribution in [2.75, 3.05) is 0 Å². The van der Waals surface area contributed by atoms with Crippen LogP contribution in [0.15, 0.2) is 22.7 Å². The fourth-order valence-electron chi connectivity index (χ4n) is 1.24. The van der Waals surface area contributed by atoms with Crippen molar-refractivity contribution in [3.63, 3.8) is 0 Å². The average molecular weight is 262 g/mol. The van der Waals surface area contributed by atoms with E-state index in [0.717, 1.165) is 0 Å². The number of aliphatic hydroxyl groups excluding tert-OH is 1. The molecule has 0 fully saturated rings. The Morgan fingerprint density at radius 3 is 2.64 bits per heavy atom. The van der Waals surface area contributed by atoms with Crippen LogP contribution in [0.3, 0.4) is 0 Å². The van der Waals surface area contributed by atoms with Gasteiger partial charge in [0.1, 0.15) is 5.82 Å². The third-order valence-corrected chi connectivity index (χ3v) is 2.56. The fourth-order valence-corrected chi connectivity index (χ4v) is 1.73. The molecule has 14 heavy (non-hydrogen) atoms. The third-order valence-electron chi connectivity index (χ3n) is 2.10. The highest BCUT2D eigenvalue weighted by Gasteiger charge is 2.15. The molecule has 3 N–H and O–H groups in total. The van der Waals surface area contributed by atoms with E-state index in [-0.39, 0.29) is 5.82 Å². The number of benzene rings is 1. The number of hydrogen-bond donors (Lipinski definition) is 2. The van der Waals surface area contributed by atoms with E-state index in [1.165, 1.54) is 12.1 Å². The highest BCUT2D eigenvalue weighted by Crippen LogP contribution is 2.22. The summed E-state index contributed by atoms with van der Waals surface area (Å²) in [7, 11) is 0. The van der Waals surface area contributed by atoms with Crippen LogP contribution in [0.4, 0.5) is 4.39 Å². The van der Waals surface area contributed by atoms with E-state index in [2.05, 4.69) is 15.9 Å². The Morgan fingerprint density at radius 2 is 2.14 bits per heavy atom. The van der Waals surface area contributed by atoms with Crippen molar-refractivity contribution in [2.24, 2.45) is 5.73 Å². The first-order valence-corrected chi connectivity index (χ1v) is 5.23. The van der Waals surface area contributed by atoms with Crippen LogP contribution in [0, 0.1) is 5.82 Å². The summed E-state index contributed by atoms with van der Waals surface area (Å²) in [6.07, 6.45) is -0.0846. The van der Waals surface area contributed by atoms with E-state index >= 15 is 0 Å². The predicted molar refractivity (Wildman–Crippen MR) is 57.3 cm³/mol. The van der Waals surface area contributed by atoms with Gasteiger partial charge in [-0.25, -0.2) is 4.39 Å². The van der Waals surface area contributed by atoms with Crippen LogP contribution in [-0.4, -0.2) is 11.2 Å². The van der Waals surface area contributed by atoms with Crippen LogP contribution in [-0.2, 0) is 0 Å². The topological polar surface area (TPSA) is 46.2 Å². The molecule has 0 saturated heterocycles. The molecule has 0 unspecified atom stereocenters. The zero-order valence-corrected chi connectivity index (χ0v) is 9.46. The van der Waals surface area contributed by atoms with Crippen molar-refractivity contribution in [3.05, 3.63) is 34.1 Å². The number of rotatable bonds is 3. The van der Waals surface area contributed by atoms with E-state index in [9.17, 15) is 9.50 Å². The molecule has 78 valence electrons. The van der Waals surface area contributed by atoms with Gasteiger partial charge >= 0.3 is 0 Å². The maximum atomic E-state index is 13.0. The first-order chi connectivity index (χ1) is 6.54. The minimum absolute atomic E-state index is 0.354. The third kappa shape index (κ3) is 2.77. The maximum Gasteiger partial charge on any atom is 0.124 e. The van der Waals surface area contributed by atoms with Crippen molar-refractivity contribution in [1.29, 1.82) is 0 Å². The second-order valence-corrected chi connectivity index (χ2v) is 4.12. The van der Waals surface area contributed by atoms with Crippen molar-refractivity contribution in [1.82, 2.24) is 0 Å². The highest BCUT2D eigenvalue weighted by molar-refractivity contribution is 9.10. The molecule has 0 bridgehead atoms. The first-order valence-electron chi connectivity index (χ1n) is 4.44. The summed E-state index contributed by atoms with van der Waals surface area (Å²) >= 11 is 3.18. The minimum Gasteiger partial charge on any atom is -0.391 e. The van der Waals surface area contributed by atoms with E-state index < -0.39 is 12.1 Å². The lowest BCUT2D eigenvalue weighted by atomic mass is 10.0. The summed E-state index contributed by atoms with van der Waals surface area (Å²) in [5, 5.41) is 9.50. The molecule has 0 aliphatic carbocycles. The Kier molecular flexibility index (Phi) is 4.04. The molecule has 2 atom stereocenters. The lowest BCUT2D eigenvalue weighted by Crippen LogP contribution is -2.25.